The number of amides is 1. The number of fused-ring (bicyclic) bond motifs is 1. The first kappa shape index (κ1) is 22.2. The average Bonchev–Trinajstić information content (AvgIpc) is 3.27. The van der Waals surface area contributed by atoms with E-state index in [9.17, 15) is 22.4 Å². The molecule has 4 aromatic rings. The lowest BCUT2D eigenvalue weighted by Crippen LogP contribution is -2.16. The third kappa shape index (κ3) is 4.32. The van der Waals surface area contributed by atoms with Gasteiger partial charge in [-0.15, -0.1) is 0 Å². The van der Waals surface area contributed by atoms with Crippen LogP contribution in [0, 0.1) is 12.7 Å². The van der Waals surface area contributed by atoms with Crippen LogP contribution in [-0.2, 0) is 12.7 Å². The summed E-state index contributed by atoms with van der Waals surface area (Å²) in [4.78, 5) is 16.7. The molecule has 1 amide bonds. The molecule has 13 heteroatoms. The Hall–Kier alpha value is -2.99. The summed E-state index contributed by atoms with van der Waals surface area (Å²) in [6, 6.07) is 6.28. The van der Waals surface area contributed by atoms with Crippen LogP contribution in [0.1, 0.15) is 27.4 Å². The quantitative estimate of drug-likeness (QED) is 0.372. The van der Waals surface area contributed by atoms with Gasteiger partial charge in [0, 0.05) is 23.0 Å². The van der Waals surface area contributed by atoms with E-state index in [1.165, 1.54) is 35.9 Å². The number of halogens is 6. The molecular formula is C19H12BrClF4N6O. The fourth-order valence-electron chi connectivity index (χ4n) is 2.98. The van der Waals surface area contributed by atoms with Gasteiger partial charge in [0.1, 0.15) is 11.5 Å². The van der Waals surface area contributed by atoms with Gasteiger partial charge in [-0.3, -0.25) is 9.48 Å². The van der Waals surface area contributed by atoms with Crippen molar-refractivity contribution in [2.75, 3.05) is 5.32 Å². The van der Waals surface area contributed by atoms with E-state index < -0.39 is 23.6 Å². The topological polar surface area (TPSA) is 77.1 Å². The molecule has 1 N–H and O–H groups in total. The number of rotatable bonds is 4. The van der Waals surface area contributed by atoms with Crippen molar-refractivity contribution in [3.8, 4) is 0 Å². The third-order valence-corrected chi connectivity index (χ3v) is 5.48. The highest BCUT2D eigenvalue weighted by molar-refractivity contribution is 9.10. The molecule has 0 aliphatic carbocycles. The fourth-order valence-corrected chi connectivity index (χ4v) is 3.72. The number of hydrogen-bond donors (Lipinski definition) is 1. The molecule has 0 spiro atoms. The SMILES string of the molecule is Cc1cc(C(F)(F)F)n2nc(C(=O)Nc3ccn(Cc4ccc(F)cc4Cl)n3)c(Br)c2n1. The van der Waals surface area contributed by atoms with Gasteiger partial charge in [0.25, 0.3) is 5.91 Å². The maximum absolute atomic E-state index is 13.4. The molecule has 3 aromatic heterocycles. The van der Waals surface area contributed by atoms with Crippen LogP contribution in [0.25, 0.3) is 5.65 Å². The molecule has 0 atom stereocenters. The molecule has 0 unspecified atom stereocenters. The number of nitrogens with zero attached hydrogens (tertiary/aromatic N) is 5. The highest BCUT2D eigenvalue weighted by Gasteiger charge is 2.36. The minimum absolute atomic E-state index is 0.0155. The normalized spacial score (nSPS) is 11.8. The van der Waals surface area contributed by atoms with Gasteiger partial charge in [0.2, 0.25) is 0 Å². The smallest absolute Gasteiger partial charge is 0.304 e. The predicted molar refractivity (Wildman–Crippen MR) is 111 cm³/mol. The summed E-state index contributed by atoms with van der Waals surface area (Å²) in [7, 11) is 0. The molecule has 0 radical (unpaired) electrons. The minimum Gasteiger partial charge on any atom is -0.304 e. The van der Waals surface area contributed by atoms with Crippen molar-refractivity contribution < 1.29 is 22.4 Å². The molecule has 1 aromatic carbocycles. The summed E-state index contributed by atoms with van der Waals surface area (Å²) in [6.07, 6.45) is -3.13. The van der Waals surface area contributed by atoms with Crippen molar-refractivity contribution >= 4 is 44.9 Å². The lowest BCUT2D eigenvalue weighted by molar-refractivity contribution is -0.142. The average molecular weight is 532 g/mol. The second-order valence-electron chi connectivity index (χ2n) is 6.77. The van der Waals surface area contributed by atoms with E-state index >= 15 is 0 Å². The number of carbonyl (C=O) groups excluding carboxylic acids is 1. The number of hydrogen-bond acceptors (Lipinski definition) is 4. The number of carbonyl (C=O) groups is 1. The summed E-state index contributed by atoms with van der Waals surface area (Å²) < 4.78 is 55.3. The lowest BCUT2D eigenvalue weighted by atomic mass is 10.2. The fraction of sp³-hybridized carbons (Fsp3) is 0.158. The van der Waals surface area contributed by atoms with Gasteiger partial charge in [0.05, 0.1) is 11.0 Å². The first-order valence-corrected chi connectivity index (χ1v) is 10.1. The van der Waals surface area contributed by atoms with Gasteiger partial charge in [-0.1, -0.05) is 17.7 Å². The second kappa shape index (κ2) is 8.17. The second-order valence-corrected chi connectivity index (χ2v) is 7.97. The monoisotopic (exact) mass is 530 g/mol. The van der Waals surface area contributed by atoms with Crippen LogP contribution >= 0.6 is 27.5 Å². The summed E-state index contributed by atoms with van der Waals surface area (Å²) >= 11 is 9.13. The molecule has 0 aliphatic heterocycles. The third-order valence-electron chi connectivity index (χ3n) is 4.40. The van der Waals surface area contributed by atoms with Crippen LogP contribution in [0.15, 0.2) is 41.0 Å². The number of alkyl halides is 3. The van der Waals surface area contributed by atoms with Crippen LogP contribution < -0.4 is 5.32 Å². The maximum Gasteiger partial charge on any atom is 0.433 e. The number of aromatic nitrogens is 5. The molecule has 0 aliphatic rings. The Bertz CT molecular complexity index is 1350. The van der Waals surface area contributed by atoms with E-state index in [1.54, 1.807) is 6.20 Å². The summed E-state index contributed by atoms with van der Waals surface area (Å²) in [5.41, 5.74) is -0.752. The van der Waals surface area contributed by atoms with E-state index in [-0.39, 0.29) is 38.9 Å². The molecule has 0 bridgehead atoms. The van der Waals surface area contributed by atoms with Gasteiger partial charge in [-0.25, -0.2) is 13.9 Å². The maximum atomic E-state index is 13.4. The Morgan fingerprint density at radius 1 is 1.22 bits per heavy atom. The van der Waals surface area contributed by atoms with Gasteiger partial charge in [-0.05, 0) is 46.6 Å². The molecule has 0 saturated heterocycles. The van der Waals surface area contributed by atoms with Crippen molar-refractivity contribution in [1.29, 1.82) is 0 Å². The van der Waals surface area contributed by atoms with Crippen LogP contribution in [0.5, 0.6) is 0 Å². The van der Waals surface area contributed by atoms with E-state index in [0.717, 1.165) is 6.07 Å². The molecule has 3 heterocycles. The minimum atomic E-state index is -4.69. The molecule has 4 rings (SSSR count). The van der Waals surface area contributed by atoms with Crippen molar-refractivity contribution in [2.24, 2.45) is 0 Å². The number of aryl methyl sites for hydroxylation is 1. The Morgan fingerprint density at radius 3 is 2.66 bits per heavy atom. The van der Waals surface area contributed by atoms with E-state index in [4.69, 9.17) is 11.6 Å². The zero-order valence-electron chi connectivity index (χ0n) is 16.1. The first-order chi connectivity index (χ1) is 15.0. The van der Waals surface area contributed by atoms with Gasteiger partial charge >= 0.3 is 6.18 Å². The van der Waals surface area contributed by atoms with Crippen LogP contribution in [0.2, 0.25) is 5.02 Å². The van der Waals surface area contributed by atoms with Gasteiger partial charge in [0.15, 0.2) is 17.2 Å². The summed E-state index contributed by atoms with van der Waals surface area (Å²) in [5.74, 6) is -1.11. The van der Waals surface area contributed by atoms with Crippen molar-refractivity contribution in [3.05, 3.63) is 74.5 Å². The first-order valence-electron chi connectivity index (χ1n) is 8.95. The molecule has 0 saturated carbocycles. The zero-order chi connectivity index (χ0) is 23.2. The van der Waals surface area contributed by atoms with Crippen LogP contribution in [0.4, 0.5) is 23.4 Å². The highest BCUT2D eigenvalue weighted by atomic mass is 79.9. The number of nitrogens with one attached hydrogen (secondary N) is 1. The number of benzene rings is 1. The van der Waals surface area contributed by atoms with Crippen LogP contribution in [-0.4, -0.2) is 30.3 Å². The zero-order valence-corrected chi connectivity index (χ0v) is 18.4. The molecule has 32 heavy (non-hydrogen) atoms. The van der Waals surface area contributed by atoms with Crippen molar-refractivity contribution in [2.45, 2.75) is 19.6 Å². The van der Waals surface area contributed by atoms with Gasteiger partial charge in [-0.2, -0.15) is 23.4 Å². The van der Waals surface area contributed by atoms with Crippen molar-refractivity contribution in [3.63, 3.8) is 0 Å². The molecule has 7 nitrogen and oxygen atoms in total. The summed E-state index contributed by atoms with van der Waals surface area (Å²) in [5, 5.41) is 10.7. The molecule has 0 fully saturated rings. The van der Waals surface area contributed by atoms with E-state index in [2.05, 4.69) is 36.4 Å². The highest BCUT2D eigenvalue weighted by Crippen LogP contribution is 2.32. The van der Waals surface area contributed by atoms with Crippen LogP contribution in [0.3, 0.4) is 0 Å². The molecule has 166 valence electrons. The lowest BCUT2D eigenvalue weighted by Gasteiger charge is -2.09. The van der Waals surface area contributed by atoms with Gasteiger partial charge < -0.3 is 5.32 Å². The Labute approximate surface area is 191 Å². The molecular weight excluding hydrogens is 520 g/mol. The standard InChI is InChI=1S/C19H12BrClF4N6O/c1-9-6-13(19(23,24)25)31-17(26-9)15(20)16(29-31)18(32)27-14-4-5-30(28-14)8-10-2-3-11(22)7-12(10)21/h2-7H,8H2,1H3,(H,27,28,32). The number of anilines is 1. The van der Waals surface area contributed by atoms with Crippen molar-refractivity contribution in [1.82, 2.24) is 24.4 Å². The summed E-state index contributed by atoms with van der Waals surface area (Å²) in [6.45, 7) is 1.62. The largest absolute Gasteiger partial charge is 0.433 e. The Kier molecular flexibility index (Phi) is 5.67. The Morgan fingerprint density at radius 2 is 1.97 bits per heavy atom. The Balaban J connectivity index is 1.59. The predicted octanol–water partition coefficient (Wildman–Crippen LogP) is 5.11. The van der Waals surface area contributed by atoms with E-state index in [1.807, 2.05) is 0 Å². The van der Waals surface area contributed by atoms with E-state index in [0.29, 0.717) is 10.1 Å².